The fourth-order valence-corrected chi connectivity index (χ4v) is 10.6. The Bertz CT molecular complexity index is 3090. The molecule has 1 aliphatic rings. The molecule has 646 valence electrons. The summed E-state index contributed by atoms with van der Waals surface area (Å²) < 4.78 is 15.5. The molecule has 0 aliphatic carbocycles. The van der Waals surface area contributed by atoms with Gasteiger partial charge in [0.15, 0.2) is 11.7 Å². The standard InChI is InChI=1S/C11H16N2O.C11H18N2.3C10H17N3.2C10H18N2O.C9H16N2S.C9H19NO/c1-9(2)7-12-8-11(14)10-5-3-4-6-13-10;1-10(2)9-12-8-6-11-5-3-4-7-13-11;1-9(2)7-11-5-3-10-4-6-12-8-13-10;1-9(2)7-11-4-3-10-8-12-5-6-13-10;1-9(2)8-11-7-5-10-4-3-6-12-13-10;1-8(2)7-11-5-4-10-6-9(3)13-12-10;1-8(2)6-11-5-4-10-12-9(3)7-13-10;1-8(2)7-10-4-3-9-11-5-6-12-9;1-8(2)7-10-9-3-5-11-6-4-9/h3-6,9,12H,7-8H2,1-2H3;3-5,7,10,12H,6,8-9H2,1-2H3;4,6,8-9,11H,3,5,7H2,1-2H3;5-6,8-9,11H,3-4,7H2,1-2H3;3-4,6,9,11H,5,7-8H2,1-2H3;6,8,11H,4-5,7H2,1-3H3;7-8,11H,4-6H2,1-3H3;5-6,8,10H,3-4,7H2,1-2H3;8-10H,3-7H2,1-2H3. The quantitative estimate of drug-likeness (QED) is 0.0127. The highest BCUT2D eigenvalue weighted by Gasteiger charge is 2.13. The third kappa shape index (κ3) is 69.7. The highest BCUT2D eigenvalue weighted by atomic mass is 32.1. The number of hydrogen-bond acceptors (Lipinski definition) is 25. The van der Waals surface area contributed by atoms with Gasteiger partial charge in [-0.3, -0.25) is 24.7 Å². The lowest BCUT2D eigenvalue weighted by Crippen LogP contribution is -2.36. The van der Waals surface area contributed by atoms with Crippen LogP contribution in [0.5, 0.6) is 0 Å². The summed E-state index contributed by atoms with van der Waals surface area (Å²) in [5, 5.41) is 45.2. The molecule has 0 unspecified atom stereocenters. The molecular formula is C90H156N20O4S. The van der Waals surface area contributed by atoms with Crippen LogP contribution in [-0.2, 0) is 49.7 Å². The van der Waals surface area contributed by atoms with Gasteiger partial charge in [-0.1, -0.05) is 142 Å². The minimum Gasteiger partial charge on any atom is -0.449 e. The van der Waals surface area contributed by atoms with Gasteiger partial charge in [0.25, 0.3) is 0 Å². The van der Waals surface area contributed by atoms with Gasteiger partial charge in [-0.05, 0) is 181 Å². The minimum absolute atomic E-state index is 0.0475. The number of carbonyl (C=O) groups excluding carboxylic acids is 1. The molecule has 0 saturated carbocycles. The Kier molecular flexibility index (Phi) is 66.4. The van der Waals surface area contributed by atoms with Crippen LogP contribution in [0.1, 0.15) is 199 Å². The van der Waals surface area contributed by atoms with Gasteiger partial charge in [0.05, 0.1) is 34.3 Å². The Balaban J connectivity index is 0.000000647. The van der Waals surface area contributed by atoms with Crippen LogP contribution >= 0.6 is 11.3 Å². The number of carbonyl (C=O) groups is 1. The number of nitrogens with one attached hydrogen (secondary N) is 9. The molecule has 9 rings (SSSR count). The molecule has 8 aromatic rings. The number of Topliss-reactive ketones (excluding diaryl/α,β-unsaturated/α-hetero) is 1. The molecule has 0 spiro atoms. The molecule has 0 radical (unpaired) electrons. The van der Waals surface area contributed by atoms with Gasteiger partial charge in [-0.15, -0.1) is 11.3 Å². The molecular weight excluding hydrogens is 1460 g/mol. The van der Waals surface area contributed by atoms with Crippen molar-refractivity contribution in [3.63, 3.8) is 0 Å². The van der Waals surface area contributed by atoms with Gasteiger partial charge in [0.1, 0.15) is 24.0 Å². The largest absolute Gasteiger partial charge is 0.449 e. The second kappa shape index (κ2) is 72.1. The number of oxazole rings is 1. The number of hydrogen-bond donors (Lipinski definition) is 9. The van der Waals surface area contributed by atoms with Crippen molar-refractivity contribution >= 4 is 17.1 Å². The predicted octanol–water partition coefficient (Wildman–Crippen LogP) is 14.1. The van der Waals surface area contributed by atoms with Gasteiger partial charge in [-0.25, -0.2) is 19.9 Å². The van der Waals surface area contributed by atoms with E-state index in [0.29, 0.717) is 53.8 Å². The van der Waals surface area contributed by atoms with Crippen molar-refractivity contribution in [3.8, 4) is 0 Å². The third-order valence-electron chi connectivity index (χ3n) is 16.0. The first kappa shape index (κ1) is 106. The predicted molar refractivity (Wildman–Crippen MR) is 478 cm³/mol. The summed E-state index contributed by atoms with van der Waals surface area (Å²) in [6.45, 7) is 62.2. The van der Waals surface area contributed by atoms with E-state index in [-0.39, 0.29) is 5.78 Å². The van der Waals surface area contributed by atoms with E-state index < -0.39 is 0 Å². The van der Waals surface area contributed by atoms with Crippen LogP contribution in [-0.4, -0.2) is 192 Å². The average Bonchev–Trinajstić information content (AvgIpc) is 1.51. The van der Waals surface area contributed by atoms with Gasteiger partial charge < -0.3 is 61.5 Å². The zero-order chi connectivity index (χ0) is 84.7. The normalized spacial score (nSPS) is 11.8. The molecule has 0 atom stereocenters. The summed E-state index contributed by atoms with van der Waals surface area (Å²) in [6, 6.07) is 20.0. The Labute approximate surface area is 699 Å². The highest BCUT2D eigenvalue weighted by Crippen LogP contribution is 2.08. The SMILES string of the molecule is CC(C)CNC1CCOCC1.CC(C)CNCC(=O)c1ccccn1.CC(C)CNCCc1ccccn1.CC(C)CNCCc1cccnn1.CC(C)CNCCc1ccncn1.CC(C)CNCCc1cnccn1.CC(C)CNCCc1nccs1.Cc1cc(CCNCC(C)C)no1.Cc1coc(CCNCC(C)C)n1. The van der Waals surface area contributed by atoms with Crippen LogP contribution in [0, 0.1) is 67.1 Å². The second-order valence-corrected chi connectivity index (χ2v) is 33.4. The highest BCUT2D eigenvalue weighted by molar-refractivity contribution is 7.09. The fraction of sp³-hybridized carbons (Fsp3) is 0.644. The molecule has 0 aromatic carbocycles. The maximum atomic E-state index is 11.5. The number of rotatable bonds is 43. The van der Waals surface area contributed by atoms with Crippen molar-refractivity contribution in [1.82, 2.24) is 103 Å². The van der Waals surface area contributed by atoms with E-state index in [0.717, 1.165) is 221 Å². The van der Waals surface area contributed by atoms with Crippen LogP contribution in [0.2, 0.25) is 0 Å². The average molecular weight is 1610 g/mol. The van der Waals surface area contributed by atoms with Gasteiger partial charge >= 0.3 is 0 Å². The van der Waals surface area contributed by atoms with E-state index in [4.69, 9.17) is 13.7 Å². The first-order chi connectivity index (χ1) is 55.3. The molecule has 1 aliphatic heterocycles. The molecule has 115 heavy (non-hydrogen) atoms. The lowest BCUT2D eigenvalue weighted by atomic mass is 10.1. The zero-order valence-corrected chi connectivity index (χ0v) is 75.5. The lowest BCUT2D eigenvalue weighted by molar-refractivity contribution is 0.0773. The van der Waals surface area contributed by atoms with Crippen molar-refractivity contribution < 1.29 is 18.5 Å². The van der Waals surface area contributed by atoms with Crippen LogP contribution < -0.4 is 47.9 Å². The first-order valence-corrected chi connectivity index (χ1v) is 43.5. The van der Waals surface area contributed by atoms with Gasteiger partial charge in [0, 0.05) is 182 Å². The van der Waals surface area contributed by atoms with E-state index in [2.05, 4.69) is 234 Å². The van der Waals surface area contributed by atoms with Gasteiger partial charge in [0.2, 0.25) is 0 Å². The number of ether oxygens (including phenoxy) is 1. The Morgan fingerprint density at radius 1 is 0.443 bits per heavy atom. The van der Waals surface area contributed by atoms with Crippen LogP contribution in [0.15, 0.2) is 137 Å². The summed E-state index contributed by atoms with van der Waals surface area (Å²) in [4.78, 5) is 44.4. The van der Waals surface area contributed by atoms with E-state index >= 15 is 0 Å². The molecule has 0 amide bonds. The van der Waals surface area contributed by atoms with Crippen LogP contribution in [0.4, 0.5) is 0 Å². The van der Waals surface area contributed by atoms with E-state index in [1.165, 1.54) is 23.5 Å². The summed E-state index contributed by atoms with van der Waals surface area (Å²) in [7, 11) is 0. The number of aromatic nitrogens is 11. The zero-order valence-electron chi connectivity index (χ0n) is 74.7. The van der Waals surface area contributed by atoms with Gasteiger partial charge in [-0.2, -0.15) is 10.2 Å². The minimum atomic E-state index is 0.0475. The lowest BCUT2D eigenvalue weighted by Gasteiger charge is -2.23. The molecule has 25 heteroatoms. The fourth-order valence-electron chi connectivity index (χ4n) is 9.97. The number of pyridine rings is 2. The van der Waals surface area contributed by atoms with Crippen molar-refractivity contribution in [2.75, 3.05) is 124 Å². The summed E-state index contributed by atoms with van der Waals surface area (Å²) in [5.74, 6) is 8.09. The maximum absolute atomic E-state index is 11.5. The topological polar surface area (TPSA) is 303 Å². The summed E-state index contributed by atoms with van der Waals surface area (Å²) >= 11 is 1.73. The Morgan fingerprint density at radius 3 is 1.35 bits per heavy atom. The van der Waals surface area contributed by atoms with Crippen LogP contribution in [0.3, 0.4) is 0 Å². The first-order valence-electron chi connectivity index (χ1n) is 42.6. The number of aryl methyl sites for hydroxylation is 2. The van der Waals surface area contributed by atoms with Crippen molar-refractivity contribution in [2.45, 2.75) is 202 Å². The maximum Gasteiger partial charge on any atom is 0.195 e. The molecule has 0 bridgehead atoms. The number of nitrogens with zero attached hydrogens (tertiary/aromatic N) is 11. The third-order valence-corrected chi connectivity index (χ3v) is 16.8. The smallest absolute Gasteiger partial charge is 0.195 e. The Hall–Kier alpha value is -7.14. The van der Waals surface area contributed by atoms with Crippen molar-refractivity contribution in [1.29, 1.82) is 0 Å². The molecule has 1 fully saturated rings. The molecule has 1 saturated heterocycles. The second-order valence-electron chi connectivity index (χ2n) is 32.5. The molecule has 8 aromatic heterocycles. The van der Waals surface area contributed by atoms with E-state index in [1.807, 2.05) is 80.3 Å². The van der Waals surface area contributed by atoms with E-state index in [9.17, 15) is 4.79 Å². The van der Waals surface area contributed by atoms with E-state index in [1.54, 1.807) is 67.0 Å². The summed E-state index contributed by atoms with van der Waals surface area (Å²) in [5.41, 5.74) is 6.90. The number of ketones is 1. The Morgan fingerprint density at radius 2 is 0.922 bits per heavy atom. The molecule has 9 N–H and O–H groups in total. The summed E-state index contributed by atoms with van der Waals surface area (Å²) in [6.07, 6.45) is 26.5. The number of thiazole rings is 1. The van der Waals surface area contributed by atoms with Crippen molar-refractivity contribution in [2.24, 2.45) is 53.3 Å². The van der Waals surface area contributed by atoms with Crippen molar-refractivity contribution in [3.05, 3.63) is 185 Å². The molecule has 24 nitrogen and oxygen atoms in total. The van der Waals surface area contributed by atoms with Crippen LogP contribution in [0.25, 0.3) is 0 Å². The molecule has 9 heterocycles. The monoisotopic (exact) mass is 1610 g/mol.